The molecule has 1 fully saturated rings. The fourth-order valence-electron chi connectivity index (χ4n) is 3.07. The van der Waals surface area contributed by atoms with Gasteiger partial charge in [-0.3, -0.25) is 9.88 Å². The molecule has 2 aliphatic rings. The molecule has 1 saturated carbocycles. The molecule has 1 aromatic heterocycles. The minimum atomic E-state index is 0.631. The number of aromatic nitrogens is 1. The van der Waals surface area contributed by atoms with Gasteiger partial charge < -0.3 is 0 Å². The Morgan fingerprint density at radius 1 is 1.41 bits per heavy atom. The zero-order valence-corrected chi connectivity index (χ0v) is 10.9. The van der Waals surface area contributed by atoms with Crippen molar-refractivity contribution in [2.75, 3.05) is 13.1 Å². The fourth-order valence-corrected chi connectivity index (χ4v) is 3.07. The molecule has 2 heteroatoms. The average Bonchev–Trinajstić information content (AvgIpc) is 3.10. The van der Waals surface area contributed by atoms with E-state index in [1.165, 1.54) is 43.6 Å². The van der Waals surface area contributed by atoms with Crippen LogP contribution < -0.4 is 0 Å². The van der Waals surface area contributed by atoms with E-state index in [-0.39, 0.29) is 0 Å². The molecule has 0 unspecified atom stereocenters. The summed E-state index contributed by atoms with van der Waals surface area (Å²) in [6.45, 7) is 8.31. The first kappa shape index (κ1) is 11.2. The number of nitrogens with zero attached hydrogens (tertiary/aromatic N) is 2. The molecule has 2 nitrogen and oxygen atoms in total. The summed E-state index contributed by atoms with van der Waals surface area (Å²) in [6.07, 6.45) is 5.96. The minimum absolute atomic E-state index is 0.631. The normalized spacial score (nSPS) is 22.5. The van der Waals surface area contributed by atoms with E-state index in [1.54, 1.807) is 0 Å². The highest BCUT2D eigenvalue weighted by atomic mass is 15.1. The van der Waals surface area contributed by atoms with Gasteiger partial charge in [0.25, 0.3) is 0 Å². The first-order chi connectivity index (χ1) is 8.20. The van der Waals surface area contributed by atoms with Crippen LogP contribution in [0, 0.1) is 11.3 Å². The van der Waals surface area contributed by atoms with E-state index in [1.807, 2.05) is 6.20 Å². The van der Waals surface area contributed by atoms with Crippen LogP contribution in [-0.2, 0) is 13.0 Å². The van der Waals surface area contributed by atoms with Crippen molar-refractivity contribution in [3.05, 3.63) is 29.6 Å². The second-order valence-electron chi connectivity index (χ2n) is 6.09. The summed E-state index contributed by atoms with van der Waals surface area (Å²) < 4.78 is 0. The molecule has 2 heterocycles. The smallest absolute Gasteiger partial charge is 0.0576 e. The van der Waals surface area contributed by atoms with E-state index in [2.05, 4.69) is 35.9 Å². The molecule has 0 amide bonds. The van der Waals surface area contributed by atoms with Crippen LogP contribution in [0.1, 0.15) is 37.9 Å². The van der Waals surface area contributed by atoms with E-state index in [0.29, 0.717) is 5.41 Å². The molecule has 0 N–H and O–H groups in total. The Morgan fingerprint density at radius 3 is 2.94 bits per heavy atom. The van der Waals surface area contributed by atoms with Crippen molar-refractivity contribution < 1.29 is 0 Å². The number of pyridine rings is 1. The Hall–Kier alpha value is -0.890. The summed E-state index contributed by atoms with van der Waals surface area (Å²) in [5, 5.41) is 0. The number of rotatable bonds is 3. The molecule has 0 radical (unpaired) electrons. The third-order valence-corrected chi connectivity index (χ3v) is 4.71. The van der Waals surface area contributed by atoms with Gasteiger partial charge >= 0.3 is 0 Å². The van der Waals surface area contributed by atoms with E-state index in [4.69, 9.17) is 0 Å². The van der Waals surface area contributed by atoms with E-state index >= 15 is 0 Å². The lowest BCUT2D eigenvalue weighted by Gasteiger charge is -2.32. The van der Waals surface area contributed by atoms with E-state index < -0.39 is 0 Å². The van der Waals surface area contributed by atoms with Gasteiger partial charge in [0.1, 0.15) is 0 Å². The van der Waals surface area contributed by atoms with Crippen molar-refractivity contribution in [3.8, 4) is 0 Å². The molecule has 1 aliphatic carbocycles. The topological polar surface area (TPSA) is 16.1 Å². The van der Waals surface area contributed by atoms with Gasteiger partial charge in [0, 0.05) is 25.8 Å². The highest BCUT2D eigenvalue weighted by Gasteiger charge is 2.46. The van der Waals surface area contributed by atoms with Crippen molar-refractivity contribution in [2.24, 2.45) is 11.3 Å². The summed E-state index contributed by atoms with van der Waals surface area (Å²) in [5.41, 5.74) is 3.39. The molecular weight excluding hydrogens is 208 g/mol. The molecule has 0 aromatic carbocycles. The van der Waals surface area contributed by atoms with Crippen molar-refractivity contribution in [1.82, 2.24) is 9.88 Å². The molecule has 0 bridgehead atoms. The van der Waals surface area contributed by atoms with Crippen molar-refractivity contribution >= 4 is 0 Å². The second kappa shape index (κ2) is 4.09. The molecule has 0 atom stereocenters. The van der Waals surface area contributed by atoms with Gasteiger partial charge in [-0.25, -0.2) is 0 Å². The maximum atomic E-state index is 4.52. The zero-order chi connectivity index (χ0) is 11.9. The quantitative estimate of drug-likeness (QED) is 0.793. The van der Waals surface area contributed by atoms with Crippen LogP contribution >= 0.6 is 0 Å². The standard InChI is InChI=1S/C15H22N2/c1-12(2)15(6-7-15)11-17-9-5-13-4-3-8-16-14(13)10-17/h3-4,8,12H,5-7,9-11H2,1-2H3. The van der Waals surface area contributed by atoms with Gasteiger partial charge in [0.15, 0.2) is 0 Å². The second-order valence-corrected chi connectivity index (χ2v) is 6.09. The Kier molecular flexibility index (Phi) is 2.70. The highest BCUT2D eigenvalue weighted by molar-refractivity contribution is 5.22. The Labute approximate surface area is 104 Å². The summed E-state index contributed by atoms with van der Waals surface area (Å²) in [4.78, 5) is 7.14. The molecular formula is C15H22N2. The number of hydrogen-bond acceptors (Lipinski definition) is 2. The molecule has 1 aromatic rings. The van der Waals surface area contributed by atoms with Crippen LogP contribution in [0.4, 0.5) is 0 Å². The van der Waals surface area contributed by atoms with Crippen LogP contribution in [0.15, 0.2) is 18.3 Å². The van der Waals surface area contributed by atoms with Crippen LogP contribution in [0.5, 0.6) is 0 Å². The number of fused-ring (bicyclic) bond motifs is 1. The van der Waals surface area contributed by atoms with Crippen LogP contribution in [0.3, 0.4) is 0 Å². The summed E-state index contributed by atoms with van der Waals surface area (Å²) in [7, 11) is 0. The molecule has 0 saturated heterocycles. The summed E-state index contributed by atoms with van der Waals surface area (Å²) >= 11 is 0. The van der Waals surface area contributed by atoms with Crippen LogP contribution in [0.2, 0.25) is 0 Å². The molecule has 92 valence electrons. The van der Waals surface area contributed by atoms with Crippen molar-refractivity contribution in [3.63, 3.8) is 0 Å². The van der Waals surface area contributed by atoms with Crippen LogP contribution in [-0.4, -0.2) is 23.0 Å². The SMILES string of the molecule is CC(C)C1(CN2CCc3cccnc3C2)CC1. The third kappa shape index (κ3) is 2.11. The summed E-state index contributed by atoms with van der Waals surface area (Å²) in [5.74, 6) is 0.827. The van der Waals surface area contributed by atoms with Gasteiger partial charge in [-0.2, -0.15) is 0 Å². The molecule has 1 aliphatic heterocycles. The first-order valence-corrected chi connectivity index (χ1v) is 6.85. The molecule has 0 spiro atoms. The Morgan fingerprint density at radius 2 is 2.24 bits per heavy atom. The summed E-state index contributed by atoms with van der Waals surface area (Å²) in [6, 6.07) is 4.29. The van der Waals surface area contributed by atoms with Crippen LogP contribution in [0.25, 0.3) is 0 Å². The maximum absolute atomic E-state index is 4.52. The Bertz CT molecular complexity index is 407. The van der Waals surface area contributed by atoms with Crippen molar-refractivity contribution in [1.29, 1.82) is 0 Å². The molecule has 3 rings (SSSR count). The third-order valence-electron chi connectivity index (χ3n) is 4.71. The van der Waals surface area contributed by atoms with Gasteiger partial charge in [0.05, 0.1) is 5.69 Å². The van der Waals surface area contributed by atoms with E-state index in [9.17, 15) is 0 Å². The van der Waals surface area contributed by atoms with Gasteiger partial charge in [-0.15, -0.1) is 0 Å². The predicted molar refractivity (Wildman–Crippen MR) is 69.7 cm³/mol. The lowest BCUT2D eigenvalue weighted by atomic mass is 9.91. The predicted octanol–water partition coefficient (Wildman–Crippen LogP) is 2.88. The van der Waals surface area contributed by atoms with Gasteiger partial charge in [0.2, 0.25) is 0 Å². The largest absolute Gasteiger partial charge is 0.297 e. The number of hydrogen-bond donors (Lipinski definition) is 0. The fraction of sp³-hybridized carbons (Fsp3) is 0.667. The monoisotopic (exact) mass is 230 g/mol. The molecule has 17 heavy (non-hydrogen) atoms. The average molecular weight is 230 g/mol. The maximum Gasteiger partial charge on any atom is 0.0576 e. The minimum Gasteiger partial charge on any atom is -0.297 e. The van der Waals surface area contributed by atoms with Gasteiger partial charge in [-0.05, 0) is 42.2 Å². The lowest BCUT2D eigenvalue weighted by Crippen LogP contribution is -2.37. The lowest BCUT2D eigenvalue weighted by molar-refractivity contribution is 0.170. The highest BCUT2D eigenvalue weighted by Crippen LogP contribution is 2.52. The van der Waals surface area contributed by atoms with Gasteiger partial charge in [-0.1, -0.05) is 19.9 Å². The first-order valence-electron chi connectivity index (χ1n) is 6.85. The zero-order valence-electron chi connectivity index (χ0n) is 10.9. The van der Waals surface area contributed by atoms with Crippen molar-refractivity contribution in [2.45, 2.75) is 39.7 Å². The van der Waals surface area contributed by atoms with E-state index in [0.717, 1.165) is 12.5 Å². The Balaban J connectivity index is 1.69.